The predicted octanol–water partition coefficient (Wildman–Crippen LogP) is 3.56. The van der Waals surface area contributed by atoms with Gasteiger partial charge in [-0.2, -0.15) is 8.78 Å². The summed E-state index contributed by atoms with van der Waals surface area (Å²) in [6, 6.07) is 0. The van der Waals surface area contributed by atoms with Gasteiger partial charge >= 0.3 is 6.17 Å². The van der Waals surface area contributed by atoms with Crippen LogP contribution < -0.4 is 0 Å². The lowest BCUT2D eigenvalue weighted by atomic mass is 9.69. The lowest BCUT2D eigenvalue weighted by Crippen LogP contribution is -2.61. The molecule has 0 aromatic carbocycles. The third-order valence-corrected chi connectivity index (χ3v) is 5.93. The van der Waals surface area contributed by atoms with Gasteiger partial charge in [0.1, 0.15) is 0 Å². The molecule has 1 aliphatic rings. The van der Waals surface area contributed by atoms with Crippen LogP contribution in [0.4, 0.5) is 8.78 Å². The average Bonchev–Trinajstić information content (AvgIpc) is 2.71. The molecule has 0 saturated carbocycles. The summed E-state index contributed by atoms with van der Waals surface area (Å²) in [5, 5.41) is 0. The Kier molecular flexibility index (Phi) is 7.38. The molecular formula is C17H34F2N2O2. The van der Waals surface area contributed by atoms with Gasteiger partial charge in [-0.15, -0.1) is 0 Å². The molecule has 1 fully saturated rings. The number of hydrogen-bond acceptors (Lipinski definition) is 4. The SMILES string of the molecule is CCC1(CC)N(CCOC)C(F)(F)N(CCOC)C1(CC)CC. The topological polar surface area (TPSA) is 24.9 Å². The summed E-state index contributed by atoms with van der Waals surface area (Å²) in [6.07, 6.45) is -0.237. The first-order valence-corrected chi connectivity index (χ1v) is 8.79. The van der Waals surface area contributed by atoms with Gasteiger partial charge in [-0.25, -0.2) is 9.80 Å². The van der Waals surface area contributed by atoms with Gasteiger partial charge in [0.2, 0.25) is 0 Å². The highest BCUT2D eigenvalue weighted by atomic mass is 19.3. The molecule has 6 heteroatoms. The van der Waals surface area contributed by atoms with Crippen LogP contribution in [0.1, 0.15) is 53.4 Å². The number of hydrogen-bond donors (Lipinski definition) is 0. The van der Waals surface area contributed by atoms with E-state index in [1.807, 2.05) is 27.7 Å². The standard InChI is InChI=1S/C17H34F2N2O2/c1-7-15(8-2)16(9-3,10-4)21(12-14-23-6)17(18,19)20(15)11-13-22-5/h7-14H2,1-6H3. The lowest BCUT2D eigenvalue weighted by Gasteiger charge is -2.49. The molecule has 1 aliphatic heterocycles. The summed E-state index contributed by atoms with van der Waals surface area (Å²) in [5.41, 5.74) is -1.13. The third-order valence-electron chi connectivity index (χ3n) is 5.93. The molecular weight excluding hydrogens is 302 g/mol. The number of ether oxygens (including phenoxy) is 2. The average molecular weight is 336 g/mol. The molecule has 0 radical (unpaired) electrons. The van der Waals surface area contributed by atoms with Crippen LogP contribution in [0, 0.1) is 0 Å². The second-order valence-corrected chi connectivity index (χ2v) is 6.28. The normalized spacial score (nSPS) is 23.5. The summed E-state index contributed by atoms with van der Waals surface area (Å²) in [6.45, 7) is 9.18. The summed E-state index contributed by atoms with van der Waals surface area (Å²) in [5.74, 6) is 0. The Morgan fingerprint density at radius 2 is 1.00 bits per heavy atom. The molecule has 1 heterocycles. The fourth-order valence-electron chi connectivity index (χ4n) is 4.81. The van der Waals surface area contributed by atoms with Gasteiger partial charge < -0.3 is 9.47 Å². The van der Waals surface area contributed by atoms with Gasteiger partial charge in [-0.3, -0.25) is 0 Å². The van der Waals surface area contributed by atoms with Gasteiger partial charge in [-0.1, -0.05) is 27.7 Å². The second-order valence-electron chi connectivity index (χ2n) is 6.28. The molecule has 4 nitrogen and oxygen atoms in total. The van der Waals surface area contributed by atoms with E-state index < -0.39 is 17.2 Å². The Balaban J connectivity index is 3.44. The smallest absolute Gasteiger partial charge is 0.370 e. The molecule has 0 aromatic rings. The summed E-state index contributed by atoms with van der Waals surface area (Å²) < 4.78 is 41.0. The minimum Gasteiger partial charge on any atom is -0.383 e. The van der Waals surface area contributed by atoms with Crippen molar-refractivity contribution >= 4 is 0 Å². The Morgan fingerprint density at radius 3 is 1.22 bits per heavy atom. The molecule has 0 aliphatic carbocycles. The van der Waals surface area contributed by atoms with E-state index in [1.165, 1.54) is 9.80 Å². The predicted molar refractivity (Wildman–Crippen MR) is 88.7 cm³/mol. The van der Waals surface area contributed by atoms with E-state index in [0.717, 1.165) is 0 Å². The van der Waals surface area contributed by atoms with Crippen molar-refractivity contribution in [2.75, 3.05) is 40.5 Å². The molecule has 0 spiro atoms. The van der Waals surface area contributed by atoms with Gasteiger partial charge in [0.25, 0.3) is 0 Å². The van der Waals surface area contributed by atoms with Crippen LogP contribution in [-0.4, -0.2) is 67.6 Å². The number of nitrogens with zero attached hydrogens (tertiary/aromatic N) is 2. The molecule has 1 rings (SSSR count). The Bertz CT molecular complexity index is 327. The first-order valence-electron chi connectivity index (χ1n) is 8.79. The second kappa shape index (κ2) is 8.19. The zero-order chi connectivity index (χ0) is 17.7. The molecule has 1 saturated heterocycles. The van der Waals surface area contributed by atoms with Gasteiger partial charge in [-0.05, 0) is 25.7 Å². The Labute approximate surface area is 140 Å². The summed E-state index contributed by atoms with van der Waals surface area (Å²) in [4.78, 5) is 2.79. The monoisotopic (exact) mass is 336 g/mol. The number of methoxy groups -OCH3 is 2. The van der Waals surface area contributed by atoms with E-state index >= 15 is 8.78 Å². The van der Waals surface area contributed by atoms with E-state index in [0.29, 0.717) is 38.9 Å². The minimum absolute atomic E-state index is 0.233. The summed E-state index contributed by atoms with van der Waals surface area (Å²) in [7, 11) is 3.12. The molecule has 23 heavy (non-hydrogen) atoms. The molecule has 0 atom stereocenters. The van der Waals surface area contributed by atoms with Crippen molar-refractivity contribution < 1.29 is 18.3 Å². The molecule has 0 amide bonds. The van der Waals surface area contributed by atoms with Crippen LogP contribution in [0.2, 0.25) is 0 Å². The molecule has 0 bridgehead atoms. The van der Waals surface area contributed by atoms with Crippen molar-refractivity contribution in [3.63, 3.8) is 0 Å². The van der Waals surface area contributed by atoms with Crippen molar-refractivity contribution in [1.82, 2.24) is 9.80 Å². The maximum atomic E-state index is 15.4. The zero-order valence-electron chi connectivity index (χ0n) is 15.6. The van der Waals surface area contributed by atoms with Gasteiger partial charge in [0.15, 0.2) is 0 Å². The number of rotatable bonds is 10. The highest BCUT2D eigenvalue weighted by Crippen LogP contribution is 2.56. The molecule has 0 unspecified atom stereocenters. The fourth-order valence-corrected chi connectivity index (χ4v) is 4.81. The van der Waals surface area contributed by atoms with E-state index in [4.69, 9.17) is 9.47 Å². The largest absolute Gasteiger partial charge is 0.383 e. The van der Waals surface area contributed by atoms with Crippen molar-refractivity contribution in [3.05, 3.63) is 0 Å². The van der Waals surface area contributed by atoms with Gasteiger partial charge in [0, 0.05) is 38.4 Å². The molecule has 138 valence electrons. The van der Waals surface area contributed by atoms with E-state index in [9.17, 15) is 0 Å². The van der Waals surface area contributed by atoms with Crippen LogP contribution in [-0.2, 0) is 9.47 Å². The van der Waals surface area contributed by atoms with E-state index in [-0.39, 0.29) is 13.1 Å². The van der Waals surface area contributed by atoms with Gasteiger partial charge in [0.05, 0.1) is 13.2 Å². The van der Waals surface area contributed by atoms with Crippen molar-refractivity contribution in [3.8, 4) is 0 Å². The maximum absolute atomic E-state index is 15.4. The highest BCUT2D eigenvalue weighted by molar-refractivity contribution is 5.18. The third kappa shape index (κ3) is 3.03. The van der Waals surface area contributed by atoms with Crippen LogP contribution in [0.25, 0.3) is 0 Å². The first kappa shape index (κ1) is 20.7. The van der Waals surface area contributed by atoms with Crippen LogP contribution in [0.5, 0.6) is 0 Å². The fraction of sp³-hybridized carbons (Fsp3) is 1.00. The van der Waals surface area contributed by atoms with Crippen LogP contribution >= 0.6 is 0 Å². The van der Waals surface area contributed by atoms with Crippen LogP contribution in [0.15, 0.2) is 0 Å². The Morgan fingerprint density at radius 1 is 0.696 bits per heavy atom. The molecule has 0 N–H and O–H groups in total. The first-order chi connectivity index (χ1) is 10.9. The highest BCUT2D eigenvalue weighted by Gasteiger charge is 2.71. The minimum atomic E-state index is -2.99. The van der Waals surface area contributed by atoms with Crippen molar-refractivity contribution in [1.29, 1.82) is 0 Å². The number of halogens is 2. The Hall–Kier alpha value is -0.300. The van der Waals surface area contributed by atoms with E-state index in [1.54, 1.807) is 14.2 Å². The maximum Gasteiger partial charge on any atom is 0.370 e. The zero-order valence-corrected chi connectivity index (χ0v) is 15.6. The number of alkyl halides is 2. The molecule has 0 aromatic heterocycles. The van der Waals surface area contributed by atoms with E-state index in [2.05, 4.69) is 0 Å². The van der Waals surface area contributed by atoms with Crippen molar-refractivity contribution in [2.45, 2.75) is 70.6 Å². The lowest BCUT2D eigenvalue weighted by molar-refractivity contribution is -0.234. The van der Waals surface area contributed by atoms with Crippen LogP contribution in [0.3, 0.4) is 0 Å². The van der Waals surface area contributed by atoms with Crippen molar-refractivity contribution in [2.24, 2.45) is 0 Å². The quantitative estimate of drug-likeness (QED) is 0.570. The summed E-state index contributed by atoms with van der Waals surface area (Å²) >= 11 is 0.